The summed E-state index contributed by atoms with van der Waals surface area (Å²) in [5.41, 5.74) is 0.224. The molecule has 1 aromatic carbocycles. The minimum Gasteiger partial charge on any atom is -0.493 e. The second-order valence-corrected chi connectivity index (χ2v) is 4.48. The highest BCUT2D eigenvalue weighted by Crippen LogP contribution is 2.40. The highest BCUT2D eigenvalue weighted by Gasteiger charge is 2.18. The number of halogens is 2. The fraction of sp³-hybridized carbons (Fsp3) is 0.200. The maximum Gasteiger partial charge on any atom is 0.308 e. The van der Waals surface area contributed by atoms with Crippen LogP contribution in [0.3, 0.4) is 0 Å². The van der Waals surface area contributed by atoms with Crippen molar-refractivity contribution in [2.75, 3.05) is 7.11 Å². The van der Waals surface area contributed by atoms with E-state index in [-0.39, 0.29) is 11.3 Å². The van der Waals surface area contributed by atoms with E-state index in [1.54, 1.807) is 6.07 Å². The van der Waals surface area contributed by atoms with E-state index in [9.17, 15) is 9.59 Å². The molecule has 16 heavy (non-hydrogen) atoms. The van der Waals surface area contributed by atoms with Gasteiger partial charge in [-0.3, -0.25) is 9.59 Å². The van der Waals surface area contributed by atoms with Crippen LogP contribution < -0.4 is 9.47 Å². The Hall–Kier alpha value is -0.880. The molecule has 0 heterocycles. The molecule has 0 N–H and O–H groups in total. The topological polar surface area (TPSA) is 52.6 Å². The molecule has 1 aromatic rings. The average Bonchev–Trinajstić information content (AvgIpc) is 2.23. The lowest BCUT2D eigenvalue weighted by molar-refractivity contribution is -0.132. The summed E-state index contributed by atoms with van der Waals surface area (Å²) < 4.78 is 11.1. The van der Waals surface area contributed by atoms with Crippen LogP contribution in [0.4, 0.5) is 0 Å². The van der Waals surface area contributed by atoms with Crippen LogP contribution in [0.2, 0.25) is 0 Å². The Balaban J connectivity index is 3.46. The first kappa shape index (κ1) is 13.2. The number of rotatable bonds is 3. The van der Waals surface area contributed by atoms with Gasteiger partial charge in [-0.1, -0.05) is 0 Å². The van der Waals surface area contributed by atoms with E-state index in [1.165, 1.54) is 14.0 Å². The van der Waals surface area contributed by atoms with Gasteiger partial charge in [0.05, 0.1) is 12.7 Å². The average molecular weight is 352 g/mol. The first-order valence-electron chi connectivity index (χ1n) is 4.20. The van der Waals surface area contributed by atoms with Crippen molar-refractivity contribution in [3.05, 3.63) is 20.6 Å². The Morgan fingerprint density at radius 2 is 2.06 bits per heavy atom. The van der Waals surface area contributed by atoms with Crippen molar-refractivity contribution in [2.45, 2.75) is 6.92 Å². The highest BCUT2D eigenvalue weighted by molar-refractivity contribution is 9.13. The SMILES string of the molecule is COc1cc(Br)c(Br)c(C=O)c1OC(C)=O. The number of carbonyl (C=O) groups is 2. The minimum atomic E-state index is -0.518. The van der Waals surface area contributed by atoms with Crippen LogP contribution in [0, 0.1) is 0 Å². The summed E-state index contributed by atoms with van der Waals surface area (Å²) >= 11 is 6.47. The van der Waals surface area contributed by atoms with E-state index in [2.05, 4.69) is 31.9 Å². The lowest BCUT2D eigenvalue weighted by Crippen LogP contribution is -2.06. The zero-order valence-electron chi connectivity index (χ0n) is 8.54. The molecular formula is C10H8Br2O4. The highest BCUT2D eigenvalue weighted by atomic mass is 79.9. The summed E-state index contributed by atoms with van der Waals surface area (Å²) in [7, 11) is 1.43. The molecule has 0 amide bonds. The van der Waals surface area contributed by atoms with Crippen molar-refractivity contribution in [3.8, 4) is 11.5 Å². The van der Waals surface area contributed by atoms with Gasteiger partial charge in [0.25, 0.3) is 0 Å². The van der Waals surface area contributed by atoms with Gasteiger partial charge in [-0.15, -0.1) is 0 Å². The molecule has 0 unspecified atom stereocenters. The number of hydrogen-bond acceptors (Lipinski definition) is 4. The third kappa shape index (κ3) is 2.62. The van der Waals surface area contributed by atoms with Gasteiger partial charge >= 0.3 is 5.97 Å². The molecule has 0 aromatic heterocycles. The van der Waals surface area contributed by atoms with E-state index < -0.39 is 5.97 Å². The molecule has 0 bridgehead atoms. The first-order chi connectivity index (χ1) is 7.51. The Bertz CT molecular complexity index is 443. The van der Waals surface area contributed by atoms with Gasteiger partial charge in [0.1, 0.15) is 0 Å². The zero-order chi connectivity index (χ0) is 12.3. The van der Waals surface area contributed by atoms with Gasteiger partial charge in [-0.25, -0.2) is 0 Å². The molecule has 0 atom stereocenters. The van der Waals surface area contributed by atoms with E-state index in [1.807, 2.05) is 0 Å². The number of hydrogen-bond donors (Lipinski definition) is 0. The molecule has 0 radical (unpaired) electrons. The molecule has 4 nitrogen and oxygen atoms in total. The largest absolute Gasteiger partial charge is 0.493 e. The zero-order valence-corrected chi connectivity index (χ0v) is 11.7. The molecule has 0 aliphatic carbocycles. The molecule has 0 fully saturated rings. The molecule has 86 valence electrons. The smallest absolute Gasteiger partial charge is 0.308 e. The van der Waals surface area contributed by atoms with E-state index in [0.29, 0.717) is 21.0 Å². The van der Waals surface area contributed by atoms with Crippen LogP contribution in [0.5, 0.6) is 11.5 Å². The van der Waals surface area contributed by atoms with Gasteiger partial charge in [0.15, 0.2) is 17.8 Å². The quantitative estimate of drug-likeness (QED) is 0.477. The Morgan fingerprint density at radius 1 is 1.44 bits per heavy atom. The van der Waals surface area contributed by atoms with Crippen LogP contribution in [-0.4, -0.2) is 19.4 Å². The standard InChI is InChI=1S/C10H8Br2O4/c1-5(14)16-10-6(4-13)9(12)7(11)3-8(10)15-2/h3-4H,1-2H3. The molecular weight excluding hydrogens is 344 g/mol. The molecule has 1 rings (SSSR count). The summed E-state index contributed by atoms with van der Waals surface area (Å²) in [4.78, 5) is 21.9. The van der Waals surface area contributed by atoms with Gasteiger partial charge in [0.2, 0.25) is 0 Å². The number of esters is 1. The Labute approximate surface area is 109 Å². The summed E-state index contributed by atoms with van der Waals surface area (Å²) in [5.74, 6) is -0.0944. The van der Waals surface area contributed by atoms with Crippen molar-refractivity contribution in [1.82, 2.24) is 0 Å². The van der Waals surface area contributed by atoms with Crippen LogP contribution in [-0.2, 0) is 4.79 Å². The van der Waals surface area contributed by atoms with Crippen molar-refractivity contribution >= 4 is 44.1 Å². The van der Waals surface area contributed by atoms with Crippen LogP contribution >= 0.6 is 31.9 Å². The molecule has 0 aliphatic heterocycles. The number of carbonyl (C=O) groups excluding carboxylic acids is 2. The van der Waals surface area contributed by atoms with Gasteiger partial charge in [-0.2, -0.15) is 0 Å². The predicted octanol–water partition coefficient (Wildman–Crippen LogP) is 2.96. The van der Waals surface area contributed by atoms with E-state index in [4.69, 9.17) is 9.47 Å². The fourth-order valence-corrected chi connectivity index (χ4v) is 1.92. The van der Waals surface area contributed by atoms with Crippen molar-refractivity contribution in [2.24, 2.45) is 0 Å². The Morgan fingerprint density at radius 3 is 2.50 bits per heavy atom. The number of ether oxygens (including phenoxy) is 2. The molecule has 0 aliphatic rings. The van der Waals surface area contributed by atoms with E-state index in [0.717, 1.165) is 0 Å². The molecule has 6 heteroatoms. The van der Waals surface area contributed by atoms with Crippen molar-refractivity contribution in [1.29, 1.82) is 0 Å². The van der Waals surface area contributed by atoms with Gasteiger partial charge in [-0.05, 0) is 37.9 Å². The predicted molar refractivity (Wildman–Crippen MR) is 65.1 cm³/mol. The normalized spacial score (nSPS) is 9.75. The summed E-state index contributed by atoms with van der Waals surface area (Å²) in [6.45, 7) is 1.25. The minimum absolute atomic E-state index is 0.111. The van der Waals surface area contributed by atoms with Gasteiger partial charge < -0.3 is 9.47 Å². The summed E-state index contributed by atoms with van der Waals surface area (Å²) in [6.07, 6.45) is 0.593. The van der Waals surface area contributed by atoms with E-state index >= 15 is 0 Å². The molecule has 0 spiro atoms. The number of benzene rings is 1. The third-order valence-corrected chi connectivity index (χ3v) is 3.77. The van der Waals surface area contributed by atoms with Crippen LogP contribution in [0.25, 0.3) is 0 Å². The van der Waals surface area contributed by atoms with Crippen LogP contribution in [0.1, 0.15) is 17.3 Å². The van der Waals surface area contributed by atoms with Gasteiger partial charge in [0, 0.05) is 15.9 Å². The lowest BCUT2D eigenvalue weighted by atomic mass is 10.2. The monoisotopic (exact) mass is 350 g/mol. The van der Waals surface area contributed by atoms with Crippen molar-refractivity contribution in [3.63, 3.8) is 0 Å². The third-order valence-electron chi connectivity index (χ3n) is 1.76. The van der Waals surface area contributed by atoms with Crippen molar-refractivity contribution < 1.29 is 19.1 Å². The maximum atomic E-state index is 11.0. The second-order valence-electron chi connectivity index (χ2n) is 2.83. The maximum absolute atomic E-state index is 11.0. The lowest BCUT2D eigenvalue weighted by Gasteiger charge is -2.12. The van der Waals surface area contributed by atoms with Crippen LogP contribution in [0.15, 0.2) is 15.0 Å². The number of aldehydes is 1. The fourth-order valence-electron chi connectivity index (χ4n) is 1.11. The second kappa shape index (κ2) is 5.45. The Kier molecular flexibility index (Phi) is 4.49. The summed E-state index contributed by atoms with van der Waals surface area (Å²) in [6, 6.07) is 1.61. The summed E-state index contributed by atoms with van der Waals surface area (Å²) in [5, 5.41) is 0. The molecule has 0 saturated carbocycles. The number of methoxy groups -OCH3 is 1. The molecule has 0 saturated heterocycles. The first-order valence-corrected chi connectivity index (χ1v) is 5.79.